The first-order valence-corrected chi connectivity index (χ1v) is 13.2. The Morgan fingerprint density at radius 1 is 1.21 bits per heavy atom. The first-order chi connectivity index (χ1) is 17.9. The fourth-order valence-corrected chi connectivity index (χ4v) is 5.49. The predicted molar refractivity (Wildman–Crippen MR) is 136 cm³/mol. The van der Waals surface area contributed by atoms with Crippen molar-refractivity contribution < 1.29 is 27.5 Å². The molecule has 2 saturated carbocycles. The molecule has 1 aromatic heterocycles. The Balaban J connectivity index is 1.34. The molecule has 38 heavy (non-hydrogen) atoms. The summed E-state index contributed by atoms with van der Waals surface area (Å²) in [7, 11) is 0. The molecule has 3 fully saturated rings. The first kappa shape index (κ1) is 26.9. The second-order valence-corrected chi connectivity index (χ2v) is 11.0. The molecule has 204 valence electrons. The van der Waals surface area contributed by atoms with Gasteiger partial charge in [0, 0.05) is 46.3 Å². The summed E-state index contributed by atoms with van der Waals surface area (Å²) < 4.78 is 54.4. The van der Waals surface area contributed by atoms with Gasteiger partial charge in [-0.2, -0.15) is 18.2 Å². The molecule has 1 aromatic carbocycles. The van der Waals surface area contributed by atoms with E-state index in [-0.39, 0.29) is 45.6 Å². The van der Waals surface area contributed by atoms with Crippen molar-refractivity contribution in [1.29, 1.82) is 0 Å². The molecule has 0 spiro atoms. The topological polar surface area (TPSA) is 91.8 Å². The monoisotopic (exact) mass is 552 g/mol. The Morgan fingerprint density at radius 2 is 1.92 bits per heavy atom. The van der Waals surface area contributed by atoms with Crippen molar-refractivity contribution >= 4 is 29.0 Å². The van der Waals surface area contributed by atoms with Crippen LogP contribution in [0.4, 0.5) is 23.2 Å². The maximum atomic E-state index is 14.9. The number of halogens is 5. The summed E-state index contributed by atoms with van der Waals surface area (Å²) in [5.41, 5.74) is 6.37. The van der Waals surface area contributed by atoms with Gasteiger partial charge in [0.1, 0.15) is 17.3 Å². The number of aliphatic imine (C=N–C) groups is 1. The second kappa shape index (κ2) is 10.1. The number of rotatable bonds is 6. The van der Waals surface area contributed by atoms with Crippen LogP contribution in [0, 0.1) is 17.7 Å². The second-order valence-electron chi connectivity index (χ2n) is 10.6. The molecule has 2 unspecified atom stereocenters. The van der Waals surface area contributed by atoms with Crippen molar-refractivity contribution in [3.63, 3.8) is 0 Å². The summed E-state index contributed by atoms with van der Waals surface area (Å²) in [5, 5.41) is 11.0. The molecule has 0 radical (unpaired) electrons. The van der Waals surface area contributed by atoms with Gasteiger partial charge in [0.15, 0.2) is 0 Å². The SMILES string of the molecule is CC1C[C@@H](C(=O)N=C(N)c2ccc(C(F)(F)F)nc2C2CC2)CCN1c1cc(Cl)cc(F)c1C(O)C1CC1. The molecule has 11 heteroatoms. The van der Waals surface area contributed by atoms with Crippen LogP contribution >= 0.6 is 11.6 Å². The maximum absolute atomic E-state index is 14.9. The number of nitrogens with two attached hydrogens (primary N) is 1. The van der Waals surface area contributed by atoms with E-state index in [0.717, 1.165) is 18.9 Å². The number of hydrogen-bond acceptors (Lipinski definition) is 4. The van der Waals surface area contributed by atoms with Gasteiger partial charge in [-0.25, -0.2) is 9.37 Å². The van der Waals surface area contributed by atoms with E-state index < -0.39 is 35.6 Å². The minimum Gasteiger partial charge on any atom is -0.388 e. The summed E-state index contributed by atoms with van der Waals surface area (Å²) in [5.74, 6) is -1.71. The number of carbonyl (C=O) groups excluding carboxylic acids is 1. The van der Waals surface area contributed by atoms with Crippen LogP contribution < -0.4 is 10.6 Å². The number of alkyl halides is 3. The molecule has 5 rings (SSSR count). The van der Waals surface area contributed by atoms with Crippen molar-refractivity contribution in [2.45, 2.75) is 69.7 Å². The number of aliphatic hydroxyl groups is 1. The van der Waals surface area contributed by atoms with Crippen LogP contribution in [0.2, 0.25) is 5.02 Å². The van der Waals surface area contributed by atoms with Gasteiger partial charge in [0.2, 0.25) is 0 Å². The molecule has 2 heterocycles. The van der Waals surface area contributed by atoms with Gasteiger partial charge >= 0.3 is 6.18 Å². The smallest absolute Gasteiger partial charge is 0.388 e. The molecule has 2 aliphatic carbocycles. The Bertz CT molecular complexity index is 1280. The van der Waals surface area contributed by atoms with Crippen molar-refractivity contribution in [3.8, 4) is 0 Å². The molecule has 2 aromatic rings. The molecule has 1 saturated heterocycles. The first-order valence-electron chi connectivity index (χ1n) is 12.8. The lowest BCUT2D eigenvalue weighted by Crippen LogP contribution is -2.43. The average molecular weight is 553 g/mol. The van der Waals surface area contributed by atoms with Gasteiger partial charge in [-0.05, 0) is 75.6 Å². The summed E-state index contributed by atoms with van der Waals surface area (Å²) in [4.78, 5) is 22.9. The quantitative estimate of drug-likeness (QED) is 0.270. The van der Waals surface area contributed by atoms with Gasteiger partial charge < -0.3 is 15.7 Å². The number of hydrogen-bond donors (Lipinski definition) is 2. The van der Waals surface area contributed by atoms with Crippen LogP contribution in [-0.4, -0.2) is 34.4 Å². The lowest BCUT2D eigenvalue weighted by Gasteiger charge is -2.40. The third-order valence-electron chi connectivity index (χ3n) is 7.66. The van der Waals surface area contributed by atoms with Gasteiger partial charge in [0.05, 0.1) is 11.8 Å². The summed E-state index contributed by atoms with van der Waals surface area (Å²) in [6.45, 7) is 2.32. The number of amides is 1. The van der Waals surface area contributed by atoms with E-state index >= 15 is 0 Å². The highest BCUT2D eigenvalue weighted by atomic mass is 35.5. The van der Waals surface area contributed by atoms with Crippen molar-refractivity contribution in [1.82, 2.24) is 4.98 Å². The van der Waals surface area contributed by atoms with E-state index in [9.17, 15) is 27.5 Å². The molecular formula is C27H29ClF4N4O2. The van der Waals surface area contributed by atoms with E-state index in [0.29, 0.717) is 37.9 Å². The lowest BCUT2D eigenvalue weighted by molar-refractivity contribution is -0.141. The number of amidine groups is 1. The number of aromatic nitrogens is 1. The normalized spacial score (nSPS) is 23.4. The van der Waals surface area contributed by atoms with Crippen molar-refractivity contribution in [3.05, 3.63) is 57.6 Å². The number of piperidine rings is 1. The van der Waals surface area contributed by atoms with Gasteiger partial charge in [0.25, 0.3) is 5.91 Å². The maximum Gasteiger partial charge on any atom is 0.433 e. The third-order valence-corrected chi connectivity index (χ3v) is 7.88. The van der Waals surface area contributed by atoms with Crippen LogP contribution in [0.3, 0.4) is 0 Å². The third kappa shape index (κ3) is 5.52. The van der Waals surface area contributed by atoms with Crippen LogP contribution in [0.25, 0.3) is 0 Å². The van der Waals surface area contributed by atoms with Gasteiger partial charge in [-0.1, -0.05) is 11.6 Å². The van der Waals surface area contributed by atoms with Gasteiger partial charge in [-0.3, -0.25) is 4.79 Å². The predicted octanol–water partition coefficient (Wildman–Crippen LogP) is 5.75. The fraction of sp³-hybridized carbons (Fsp3) is 0.519. The molecule has 1 amide bonds. The van der Waals surface area contributed by atoms with Crippen LogP contribution in [0.5, 0.6) is 0 Å². The van der Waals surface area contributed by atoms with Crippen LogP contribution in [0.15, 0.2) is 29.3 Å². The largest absolute Gasteiger partial charge is 0.433 e. The molecule has 3 N–H and O–H groups in total. The molecule has 1 aliphatic heterocycles. The summed E-state index contributed by atoms with van der Waals surface area (Å²) >= 11 is 6.16. The highest BCUT2D eigenvalue weighted by Gasteiger charge is 2.39. The van der Waals surface area contributed by atoms with Crippen LogP contribution in [-0.2, 0) is 11.0 Å². The minimum atomic E-state index is -4.57. The summed E-state index contributed by atoms with van der Waals surface area (Å²) in [6, 6.07) is 4.76. The Labute approximate surface area is 222 Å². The number of carbonyl (C=O) groups is 1. The zero-order chi connectivity index (χ0) is 27.4. The fourth-order valence-electron chi connectivity index (χ4n) is 5.29. The zero-order valence-electron chi connectivity index (χ0n) is 20.8. The number of anilines is 1. The van der Waals surface area contributed by atoms with E-state index in [1.54, 1.807) is 6.07 Å². The Morgan fingerprint density at radius 3 is 2.53 bits per heavy atom. The molecule has 3 atom stereocenters. The highest BCUT2D eigenvalue weighted by Crippen LogP contribution is 2.46. The highest BCUT2D eigenvalue weighted by molar-refractivity contribution is 6.30. The van der Waals surface area contributed by atoms with Crippen molar-refractivity contribution in [2.75, 3.05) is 11.4 Å². The zero-order valence-corrected chi connectivity index (χ0v) is 21.6. The van der Waals surface area contributed by atoms with E-state index in [1.165, 1.54) is 12.1 Å². The minimum absolute atomic E-state index is 0.0244. The number of benzene rings is 1. The number of nitrogens with zero attached hydrogens (tertiary/aromatic N) is 3. The molecule has 3 aliphatic rings. The van der Waals surface area contributed by atoms with Crippen molar-refractivity contribution in [2.24, 2.45) is 22.6 Å². The number of aliphatic hydroxyl groups excluding tert-OH is 1. The molecular weight excluding hydrogens is 524 g/mol. The molecule has 6 nitrogen and oxygen atoms in total. The van der Waals surface area contributed by atoms with E-state index in [2.05, 4.69) is 9.98 Å². The van der Waals surface area contributed by atoms with Gasteiger partial charge in [-0.15, -0.1) is 0 Å². The number of pyridine rings is 1. The average Bonchev–Trinajstić information content (AvgIpc) is 3.75. The Kier molecular flexibility index (Phi) is 7.15. The van der Waals surface area contributed by atoms with Crippen LogP contribution in [0.1, 0.15) is 80.0 Å². The Hall–Kier alpha value is -2.72. The summed E-state index contributed by atoms with van der Waals surface area (Å²) in [6.07, 6.45) is -1.58. The standard InChI is InChI=1S/C27H29ClF4N4O2/c1-13-10-16(8-9-36(13)20-12-17(28)11-19(29)22(20)24(37)15-4-5-15)26(38)35-25(33)18-6-7-21(27(30,31)32)34-23(18)14-2-3-14/h6-7,11-16,24,37H,2-5,8-10H2,1H3,(H2,33,35,38)/t13?,16-,24?/m0/s1. The van der Waals surface area contributed by atoms with E-state index in [1.807, 2.05) is 11.8 Å². The lowest BCUT2D eigenvalue weighted by atomic mass is 9.89. The van der Waals surface area contributed by atoms with E-state index in [4.69, 9.17) is 17.3 Å². The molecule has 0 bridgehead atoms.